The molecule has 126 valence electrons. The molecule has 0 aliphatic carbocycles. The predicted octanol–water partition coefficient (Wildman–Crippen LogP) is 3.68. The van der Waals surface area contributed by atoms with Gasteiger partial charge in [-0.05, 0) is 67.5 Å². The molecule has 22 heavy (non-hydrogen) atoms. The first-order valence-electron chi connectivity index (χ1n) is 7.81. The number of rotatable bonds is 4. The van der Waals surface area contributed by atoms with Gasteiger partial charge in [-0.15, -0.1) is 0 Å². The number of aryl methyl sites for hydroxylation is 2. The third-order valence-electron chi connectivity index (χ3n) is 3.30. The molecule has 0 aliphatic heterocycles. The third kappa shape index (κ3) is 5.28. The van der Waals surface area contributed by atoms with Crippen LogP contribution >= 0.6 is 0 Å². The van der Waals surface area contributed by atoms with Crippen LogP contribution in [0.4, 0.5) is 4.79 Å². The lowest BCUT2D eigenvalue weighted by molar-refractivity contribution is 0.00734. The standard InChI is InChI=1S/C17H31N3O2/c1-13-9-10-14(2)20(13)18-11-12-19(16(3,4)5)15(21)22-17(6,7)8/h9-10,18H,11-12H2,1-8H3. The van der Waals surface area contributed by atoms with Crippen LogP contribution in [-0.2, 0) is 4.74 Å². The molecule has 1 rings (SSSR count). The predicted molar refractivity (Wildman–Crippen MR) is 90.8 cm³/mol. The zero-order valence-electron chi connectivity index (χ0n) is 15.3. The summed E-state index contributed by atoms with van der Waals surface area (Å²) in [4.78, 5) is 14.2. The number of hydrogen-bond donors (Lipinski definition) is 1. The second-order valence-electron chi connectivity index (χ2n) is 7.66. The topological polar surface area (TPSA) is 46.5 Å². The number of aromatic nitrogens is 1. The zero-order chi connectivity index (χ0) is 17.1. The van der Waals surface area contributed by atoms with Gasteiger partial charge in [-0.1, -0.05) is 0 Å². The number of carbonyl (C=O) groups excluding carboxylic acids is 1. The van der Waals surface area contributed by atoms with Gasteiger partial charge < -0.3 is 15.1 Å². The molecule has 0 saturated heterocycles. The maximum absolute atomic E-state index is 12.4. The average molecular weight is 309 g/mol. The summed E-state index contributed by atoms with van der Waals surface area (Å²) < 4.78 is 7.55. The Morgan fingerprint density at radius 3 is 2.05 bits per heavy atom. The van der Waals surface area contributed by atoms with E-state index in [9.17, 15) is 4.79 Å². The van der Waals surface area contributed by atoms with Crippen molar-refractivity contribution in [3.8, 4) is 0 Å². The summed E-state index contributed by atoms with van der Waals surface area (Å²) >= 11 is 0. The van der Waals surface area contributed by atoms with Crippen LogP contribution in [0.25, 0.3) is 0 Å². The monoisotopic (exact) mass is 309 g/mol. The van der Waals surface area contributed by atoms with E-state index in [1.165, 1.54) is 0 Å². The number of ether oxygens (including phenoxy) is 1. The Kier molecular flexibility index (Phi) is 5.54. The van der Waals surface area contributed by atoms with Gasteiger partial charge in [-0.2, -0.15) is 0 Å². The molecular weight excluding hydrogens is 278 g/mol. The normalized spacial score (nSPS) is 12.2. The molecule has 0 radical (unpaired) electrons. The van der Waals surface area contributed by atoms with Crippen molar-refractivity contribution in [2.45, 2.75) is 66.5 Å². The van der Waals surface area contributed by atoms with Gasteiger partial charge in [-0.25, -0.2) is 4.79 Å². The average Bonchev–Trinajstić information content (AvgIpc) is 2.61. The summed E-state index contributed by atoms with van der Waals surface area (Å²) in [5, 5.41) is 0. The van der Waals surface area contributed by atoms with Gasteiger partial charge in [-0.3, -0.25) is 4.68 Å². The number of hydrogen-bond acceptors (Lipinski definition) is 3. The molecule has 0 bridgehead atoms. The number of nitrogens with zero attached hydrogens (tertiary/aromatic N) is 2. The van der Waals surface area contributed by atoms with E-state index in [2.05, 4.69) is 31.4 Å². The molecule has 1 aromatic heterocycles. The lowest BCUT2D eigenvalue weighted by Gasteiger charge is -2.37. The fourth-order valence-electron chi connectivity index (χ4n) is 2.21. The Hall–Kier alpha value is -1.65. The summed E-state index contributed by atoms with van der Waals surface area (Å²) in [6, 6.07) is 4.13. The van der Waals surface area contributed by atoms with E-state index in [1.807, 2.05) is 46.2 Å². The second-order valence-corrected chi connectivity index (χ2v) is 7.66. The van der Waals surface area contributed by atoms with Crippen LogP contribution in [-0.4, -0.2) is 39.9 Å². The molecule has 0 aromatic carbocycles. The van der Waals surface area contributed by atoms with Crippen LogP contribution in [0.5, 0.6) is 0 Å². The molecule has 1 amide bonds. The van der Waals surface area contributed by atoms with Crippen LogP contribution in [0, 0.1) is 13.8 Å². The van der Waals surface area contributed by atoms with Gasteiger partial charge in [0, 0.05) is 30.0 Å². The highest BCUT2D eigenvalue weighted by molar-refractivity contribution is 5.69. The third-order valence-corrected chi connectivity index (χ3v) is 3.30. The number of nitrogens with one attached hydrogen (secondary N) is 1. The van der Waals surface area contributed by atoms with Gasteiger partial charge in [0.1, 0.15) is 5.60 Å². The molecule has 1 heterocycles. The number of amides is 1. The van der Waals surface area contributed by atoms with Crippen LogP contribution in [0.1, 0.15) is 52.9 Å². The maximum Gasteiger partial charge on any atom is 0.410 e. The van der Waals surface area contributed by atoms with Gasteiger partial charge in [0.05, 0.1) is 0 Å². The van der Waals surface area contributed by atoms with Crippen molar-refractivity contribution in [1.82, 2.24) is 9.58 Å². The summed E-state index contributed by atoms with van der Waals surface area (Å²) in [6.45, 7) is 17.0. The molecule has 0 fully saturated rings. The van der Waals surface area contributed by atoms with Crippen molar-refractivity contribution >= 4 is 6.09 Å². The van der Waals surface area contributed by atoms with Gasteiger partial charge >= 0.3 is 6.09 Å². The quantitative estimate of drug-likeness (QED) is 0.923. The van der Waals surface area contributed by atoms with Crippen LogP contribution in [0.2, 0.25) is 0 Å². The first kappa shape index (κ1) is 18.4. The lowest BCUT2D eigenvalue weighted by atomic mass is 10.1. The molecule has 0 unspecified atom stereocenters. The fourth-order valence-corrected chi connectivity index (χ4v) is 2.21. The van der Waals surface area contributed by atoms with Crippen molar-refractivity contribution in [1.29, 1.82) is 0 Å². The first-order chi connectivity index (χ1) is 9.92. The minimum atomic E-state index is -0.485. The van der Waals surface area contributed by atoms with Crippen LogP contribution < -0.4 is 5.43 Å². The minimum absolute atomic E-state index is 0.275. The van der Waals surface area contributed by atoms with Crippen molar-refractivity contribution in [2.24, 2.45) is 0 Å². The SMILES string of the molecule is Cc1ccc(C)n1NCCN(C(=O)OC(C)(C)C)C(C)(C)C. The summed E-state index contributed by atoms with van der Waals surface area (Å²) in [6.07, 6.45) is -0.275. The summed E-state index contributed by atoms with van der Waals surface area (Å²) in [5.41, 5.74) is 4.88. The fraction of sp³-hybridized carbons (Fsp3) is 0.706. The molecule has 5 heteroatoms. The smallest absolute Gasteiger partial charge is 0.410 e. The highest BCUT2D eigenvalue weighted by Gasteiger charge is 2.30. The lowest BCUT2D eigenvalue weighted by Crippen LogP contribution is -2.50. The second kappa shape index (κ2) is 6.63. The first-order valence-corrected chi connectivity index (χ1v) is 7.81. The van der Waals surface area contributed by atoms with Gasteiger partial charge in [0.25, 0.3) is 0 Å². The molecule has 0 spiro atoms. The minimum Gasteiger partial charge on any atom is -0.444 e. The molecule has 5 nitrogen and oxygen atoms in total. The molecular formula is C17H31N3O2. The summed E-state index contributed by atoms with van der Waals surface area (Å²) in [5.74, 6) is 0. The van der Waals surface area contributed by atoms with Gasteiger partial charge in [0.2, 0.25) is 0 Å². The summed E-state index contributed by atoms with van der Waals surface area (Å²) in [7, 11) is 0. The van der Waals surface area contributed by atoms with Gasteiger partial charge in [0.15, 0.2) is 0 Å². The largest absolute Gasteiger partial charge is 0.444 e. The molecule has 0 atom stereocenters. The van der Waals surface area contributed by atoms with E-state index in [0.29, 0.717) is 13.1 Å². The number of carbonyl (C=O) groups is 1. The van der Waals surface area contributed by atoms with Crippen molar-refractivity contribution in [3.63, 3.8) is 0 Å². The Morgan fingerprint density at radius 2 is 1.64 bits per heavy atom. The molecule has 1 aromatic rings. The maximum atomic E-state index is 12.4. The van der Waals surface area contributed by atoms with E-state index in [4.69, 9.17) is 4.74 Å². The Bertz CT molecular complexity index is 487. The molecule has 0 aliphatic rings. The van der Waals surface area contributed by atoms with E-state index in [0.717, 1.165) is 11.4 Å². The highest BCUT2D eigenvalue weighted by Crippen LogP contribution is 2.18. The Morgan fingerprint density at radius 1 is 1.14 bits per heavy atom. The van der Waals surface area contributed by atoms with Crippen LogP contribution in [0.15, 0.2) is 12.1 Å². The molecule has 1 N–H and O–H groups in total. The van der Waals surface area contributed by atoms with Crippen molar-refractivity contribution in [3.05, 3.63) is 23.5 Å². The molecule has 0 saturated carbocycles. The highest BCUT2D eigenvalue weighted by atomic mass is 16.6. The van der Waals surface area contributed by atoms with Crippen molar-refractivity contribution < 1.29 is 9.53 Å². The Labute approximate surface area is 134 Å². The van der Waals surface area contributed by atoms with E-state index < -0.39 is 5.60 Å². The Balaban J connectivity index is 2.69. The van der Waals surface area contributed by atoms with Crippen LogP contribution in [0.3, 0.4) is 0 Å². The van der Waals surface area contributed by atoms with E-state index in [-0.39, 0.29) is 11.6 Å². The van der Waals surface area contributed by atoms with Crippen molar-refractivity contribution in [2.75, 3.05) is 18.5 Å². The zero-order valence-corrected chi connectivity index (χ0v) is 15.3. The van der Waals surface area contributed by atoms with E-state index >= 15 is 0 Å². The van der Waals surface area contributed by atoms with E-state index in [1.54, 1.807) is 4.90 Å².